The van der Waals surface area contributed by atoms with Crippen LogP contribution >= 0.6 is 11.6 Å². The number of anilines is 1. The average Bonchev–Trinajstić information content (AvgIpc) is 2.76. The molecule has 0 bridgehead atoms. The van der Waals surface area contributed by atoms with Gasteiger partial charge in [-0.25, -0.2) is 10.8 Å². The lowest BCUT2D eigenvalue weighted by Crippen LogP contribution is -2.13. The molecular formula is C14H14ClN5. The summed E-state index contributed by atoms with van der Waals surface area (Å²) in [5.41, 5.74) is 5.32. The number of aromatic nitrogens is 3. The summed E-state index contributed by atoms with van der Waals surface area (Å²) in [6.45, 7) is 2.44. The van der Waals surface area contributed by atoms with E-state index in [0.29, 0.717) is 17.4 Å². The minimum Gasteiger partial charge on any atom is -0.308 e. The standard InChI is InChI=1S/C14H14ClN5/c1-9-12(15)8-20(19-9)7-11-6-10-4-2-3-5-13(10)17-14(11)18-16/h2-6,8H,7,16H2,1H3,(H,17,18). The van der Waals surface area contributed by atoms with Crippen molar-refractivity contribution in [1.82, 2.24) is 14.8 Å². The van der Waals surface area contributed by atoms with Crippen LogP contribution in [0.15, 0.2) is 36.5 Å². The summed E-state index contributed by atoms with van der Waals surface area (Å²) in [5, 5.41) is 6.07. The van der Waals surface area contributed by atoms with Crippen molar-refractivity contribution in [2.75, 3.05) is 5.43 Å². The van der Waals surface area contributed by atoms with Crippen molar-refractivity contribution in [3.05, 3.63) is 52.8 Å². The number of benzene rings is 1. The number of hydrazine groups is 1. The number of nitrogens with one attached hydrogen (secondary N) is 1. The molecule has 0 fully saturated rings. The Morgan fingerprint density at radius 2 is 2.15 bits per heavy atom. The first kappa shape index (κ1) is 12.9. The second-order valence-corrected chi connectivity index (χ2v) is 5.00. The zero-order valence-electron chi connectivity index (χ0n) is 11.0. The number of para-hydroxylation sites is 1. The fourth-order valence-corrected chi connectivity index (χ4v) is 2.30. The van der Waals surface area contributed by atoms with Gasteiger partial charge in [0, 0.05) is 17.1 Å². The van der Waals surface area contributed by atoms with Crippen molar-refractivity contribution in [2.24, 2.45) is 5.84 Å². The number of nitrogens with zero attached hydrogens (tertiary/aromatic N) is 3. The molecule has 2 aromatic heterocycles. The first-order valence-electron chi connectivity index (χ1n) is 6.22. The molecule has 0 saturated carbocycles. The number of fused-ring (bicyclic) bond motifs is 1. The van der Waals surface area contributed by atoms with E-state index in [1.54, 1.807) is 10.9 Å². The predicted octanol–water partition coefficient (Wildman–Crippen LogP) is 2.73. The van der Waals surface area contributed by atoms with Crippen LogP contribution < -0.4 is 11.3 Å². The van der Waals surface area contributed by atoms with Gasteiger partial charge in [-0.2, -0.15) is 5.10 Å². The molecule has 0 unspecified atom stereocenters. The quantitative estimate of drug-likeness (QED) is 0.574. The zero-order valence-corrected chi connectivity index (χ0v) is 11.7. The van der Waals surface area contributed by atoms with Crippen LogP contribution in [-0.2, 0) is 6.54 Å². The third kappa shape index (κ3) is 2.33. The number of halogens is 1. The molecule has 20 heavy (non-hydrogen) atoms. The van der Waals surface area contributed by atoms with Gasteiger partial charge < -0.3 is 5.43 Å². The summed E-state index contributed by atoms with van der Waals surface area (Å²) in [4.78, 5) is 4.51. The topological polar surface area (TPSA) is 68.8 Å². The van der Waals surface area contributed by atoms with Crippen molar-refractivity contribution >= 4 is 28.3 Å². The summed E-state index contributed by atoms with van der Waals surface area (Å²) in [7, 11) is 0. The van der Waals surface area contributed by atoms with E-state index < -0.39 is 0 Å². The van der Waals surface area contributed by atoms with Crippen LogP contribution in [0.3, 0.4) is 0 Å². The van der Waals surface area contributed by atoms with Crippen LogP contribution in [0.5, 0.6) is 0 Å². The Hall–Kier alpha value is -2.11. The number of hydrogen-bond acceptors (Lipinski definition) is 4. The zero-order chi connectivity index (χ0) is 14.1. The highest BCUT2D eigenvalue weighted by molar-refractivity contribution is 6.31. The number of aryl methyl sites for hydroxylation is 1. The molecule has 0 aliphatic carbocycles. The second kappa shape index (κ2) is 5.11. The Labute approximate surface area is 121 Å². The van der Waals surface area contributed by atoms with Crippen LogP contribution in [0.4, 0.5) is 5.82 Å². The number of rotatable bonds is 3. The van der Waals surface area contributed by atoms with E-state index in [4.69, 9.17) is 17.4 Å². The normalized spacial score (nSPS) is 10.9. The van der Waals surface area contributed by atoms with Crippen molar-refractivity contribution in [3.8, 4) is 0 Å². The molecule has 0 atom stereocenters. The molecule has 3 aromatic rings. The van der Waals surface area contributed by atoms with Crippen LogP contribution in [0.25, 0.3) is 10.9 Å². The van der Waals surface area contributed by atoms with E-state index in [-0.39, 0.29) is 0 Å². The van der Waals surface area contributed by atoms with E-state index in [9.17, 15) is 0 Å². The van der Waals surface area contributed by atoms with Gasteiger partial charge in [0.05, 0.1) is 22.8 Å². The number of nitrogens with two attached hydrogens (primary N) is 1. The Morgan fingerprint density at radius 3 is 2.85 bits per heavy atom. The van der Waals surface area contributed by atoms with Gasteiger partial charge in [0.15, 0.2) is 0 Å². The summed E-state index contributed by atoms with van der Waals surface area (Å²) < 4.78 is 1.78. The first-order chi connectivity index (χ1) is 9.67. The molecule has 5 nitrogen and oxygen atoms in total. The largest absolute Gasteiger partial charge is 0.308 e. The lowest BCUT2D eigenvalue weighted by Gasteiger charge is -2.10. The van der Waals surface area contributed by atoms with Crippen molar-refractivity contribution in [3.63, 3.8) is 0 Å². The number of nitrogen functional groups attached to an aromatic ring is 1. The maximum atomic E-state index is 6.03. The van der Waals surface area contributed by atoms with Crippen LogP contribution in [0.1, 0.15) is 11.3 Å². The van der Waals surface area contributed by atoms with Crippen molar-refractivity contribution < 1.29 is 0 Å². The Morgan fingerprint density at radius 1 is 1.35 bits per heavy atom. The van der Waals surface area contributed by atoms with Gasteiger partial charge >= 0.3 is 0 Å². The molecule has 6 heteroatoms. The maximum absolute atomic E-state index is 6.03. The lowest BCUT2D eigenvalue weighted by atomic mass is 10.1. The fraction of sp³-hybridized carbons (Fsp3) is 0.143. The molecule has 3 rings (SSSR count). The van der Waals surface area contributed by atoms with E-state index >= 15 is 0 Å². The molecule has 2 heterocycles. The van der Waals surface area contributed by atoms with Gasteiger partial charge in [0.2, 0.25) is 0 Å². The molecule has 0 radical (unpaired) electrons. The molecule has 102 valence electrons. The Bertz CT molecular complexity index is 746. The summed E-state index contributed by atoms with van der Waals surface area (Å²) in [6, 6.07) is 9.97. The van der Waals surface area contributed by atoms with Gasteiger partial charge in [-0.1, -0.05) is 29.8 Å². The van der Waals surface area contributed by atoms with Gasteiger partial charge in [0.25, 0.3) is 0 Å². The van der Waals surface area contributed by atoms with E-state index in [1.165, 1.54) is 0 Å². The lowest BCUT2D eigenvalue weighted by molar-refractivity contribution is 0.679. The molecule has 0 spiro atoms. The summed E-state index contributed by atoms with van der Waals surface area (Å²) in [6.07, 6.45) is 1.80. The Balaban J connectivity index is 2.05. The Kier molecular flexibility index (Phi) is 3.30. The monoisotopic (exact) mass is 287 g/mol. The van der Waals surface area contributed by atoms with Crippen LogP contribution in [-0.4, -0.2) is 14.8 Å². The van der Waals surface area contributed by atoms with Gasteiger partial charge in [-0.3, -0.25) is 4.68 Å². The summed E-state index contributed by atoms with van der Waals surface area (Å²) >= 11 is 6.03. The summed E-state index contributed by atoms with van der Waals surface area (Å²) in [5.74, 6) is 6.21. The molecular weight excluding hydrogens is 274 g/mol. The molecule has 0 amide bonds. The maximum Gasteiger partial charge on any atom is 0.145 e. The molecule has 3 N–H and O–H groups in total. The third-order valence-electron chi connectivity index (χ3n) is 3.16. The van der Waals surface area contributed by atoms with E-state index in [2.05, 4.69) is 21.6 Å². The minimum absolute atomic E-state index is 0.560. The number of pyridine rings is 1. The van der Waals surface area contributed by atoms with E-state index in [0.717, 1.165) is 22.2 Å². The smallest absolute Gasteiger partial charge is 0.145 e. The predicted molar refractivity (Wildman–Crippen MR) is 80.6 cm³/mol. The number of hydrogen-bond donors (Lipinski definition) is 2. The van der Waals surface area contributed by atoms with Crippen molar-refractivity contribution in [1.29, 1.82) is 0 Å². The second-order valence-electron chi connectivity index (χ2n) is 4.59. The van der Waals surface area contributed by atoms with Gasteiger partial charge in [0.1, 0.15) is 5.82 Å². The van der Waals surface area contributed by atoms with Gasteiger partial charge in [-0.15, -0.1) is 0 Å². The molecule has 0 saturated heterocycles. The first-order valence-corrected chi connectivity index (χ1v) is 6.60. The average molecular weight is 288 g/mol. The van der Waals surface area contributed by atoms with E-state index in [1.807, 2.05) is 31.2 Å². The highest BCUT2D eigenvalue weighted by Crippen LogP contribution is 2.21. The van der Waals surface area contributed by atoms with Gasteiger partial charge in [-0.05, 0) is 19.1 Å². The molecule has 0 aliphatic rings. The SMILES string of the molecule is Cc1nn(Cc2cc3ccccc3nc2NN)cc1Cl. The highest BCUT2D eigenvalue weighted by atomic mass is 35.5. The van der Waals surface area contributed by atoms with Crippen LogP contribution in [0.2, 0.25) is 5.02 Å². The third-order valence-corrected chi connectivity index (χ3v) is 3.53. The minimum atomic E-state index is 0.560. The highest BCUT2D eigenvalue weighted by Gasteiger charge is 2.09. The van der Waals surface area contributed by atoms with Crippen molar-refractivity contribution in [2.45, 2.75) is 13.5 Å². The molecule has 0 aliphatic heterocycles. The van der Waals surface area contributed by atoms with Crippen LogP contribution in [0, 0.1) is 6.92 Å². The fourth-order valence-electron chi connectivity index (χ4n) is 2.15. The molecule has 1 aromatic carbocycles.